The van der Waals surface area contributed by atoms with Gasteiger partial charge in [-0.15, -0.1) is 0 Å². The van der Waals surface area contributed by atoms with Crippen LogP contribution in [0.1, 0.15) is 31.7 Å². The predicted molar refractivity (Wildman–Crippen MR) is 83.8 cm³/mol. The fourth-order valence-corrected chi connectivity index (χ4v) is 8.15. The molecule has 0 spiro atoms. The number of sulfonamides is 1. The van der Waals surface area contributed by atoms with E-state index >= 15 is 0 Å². The van der Waals surface area contributed by atoms with Crippen LogP contribution in [-0.2, 0) is 14.8 Å². The Morgan fingerprint density at radius 1 is 1.19 bits per heavy atom. The van der Waals surface area contributed by atoms with E-state index in [1.807, 2.05) is 0 Å². The van der Waals surface area contributed by atoms with E-state index in [4.69, 9.17) is 4.74 Å². The van der Waals surface area contributed by atoms with Crippen LogP contribution in [0.25, 0.3) is 0 Å². The van der Waals surface area contributed by atoms with Gasteiger partial charge >= 0.3 is 0 Å². The van der Waals surface area contributed by atoms with Crippen molar-refractivity contribution in [1.29, 1.82) is 0 Å². The molecule has 2 saturated carbocycles. The van der Waals surface area contributed by atoms with Gasteiger partial charge in [-0.1, -0.05) is 0 Å². The lowest BCUT2D eigenvalue weighted by Crippen LogP contribution is -2.31. The topological polar surface area (TPSA) is 64.4 Å². The van der Waals surface area contributed by atoms with Gasteiger partial charge in [0.1, 0.15) is 0 Å². The molecule has 2 aliphatic carbocycles. The van der Waals surface area contributed by atoms with Crippen LogP contribution in [0.4, 0.5) is 0 Å². The minimum atomic E-state index is -3.42. The Labute approximate surface area is 128 Å². The summed E-state index contributed by atoms with van der Waals surface area (Å²) in [5.74, 6) is 0. The Hall–Kier alpha value is -0.0600. The molecule has 0 amide bonds. The van der Waals surface area contributed by atoms with Crippen LogP contribution in [0.2, 0.25) is 0 Å². The summed E-state index contributed by atoms with van der Waals surface area (Å²) in [6, 6.07) is 1.83. The smallest absolute Gasteiger partial charge is 0.268 e. The molecule has 1 aliphatic heterocycles. The number of aromatic nitrogens is 2. The first-order valence-corrected chi connectivity index (χ1v) is 10.8. The molecule has 0 bridgehead atoms. The fourth-order valence-electron chi connectivity index (χ4n) is 2.06. The van der Waals surface area contributed by atoms with Gasteiger partial charge in [0.05, 0.1) is 19.3 Å². The largest absolute Gasteiger partial charge is 0.377 e. The maximum Gasteiger partial charge on any atom is 0.268 e. The zero-order valence-electron chi connectivity index (χ0n) is 11.6. The Morgan fingerprint density at radius 2 is 1.81 bits per heavy atom. The van der Waals surface area contributed by atoms with Crippen LogP contribution in [0.3, 0.4) is 0 Å². The summed E-state index contributed by atoms with van der Waals surface area (Å²) in [5, 5.41) is 4.50. The first-order valence-electron chi connectivity index (χ1n) is 7.33. The van der Waals surface area contributed by atoms with E-state index in [0.29, 0.717) is 42.0 Å². The molecule has 2 heterocycles. The lowest BCUT2D eigenvalue weighted by molar-refractivity contribution is -0.0291. The van der Waals surface area contributed by atoms with Crippen molar-refractivity contribution in [2.24, 2.45) is 0 Å². The van der Waals surface area contributed by atoms with Gasteiger partial charge in [0.15, 0.2) is 5.03 Å². The molecule has 0 aromatic carbocycles. The van der Waals surface area contributed by atoms with Crippen molar-refractivity contribution < 1.29 is 13.2 Å². The standard InChI is InChI=1S/C12H19N3O3P2S/c16-21(17,12-5-6-14(13-12)9-7-18-8-9)15(19-10-1-2-10)20-11-3-4-11/h5-6,9-11,19-20H,1-4,7-8H2. The number of hydrogen-bond acceptors (Lipinski definition) is 4. The van der Waals surface area contributed by atoms with E-state index in [-0.39, 0.29) is 11.1 Å². The number of hydrogen-bond donors (Lipinski definition) is 0. The molecule has 1 aromatic heterocycles. The Kier molecular flexibility index (Phi) is 3.83. The average Bonchev–Trinajstić information content (AvgIpc) is 3.30. The molecule has 3 aliphatic rings. The highest BCUT2D eigenvalue weighted by atomic mass is 32.2. The molecule has 1 aromatic rings. The molecule has 0 N–H and O–H groups in total. The molecule has 2 atom stereocenters. The average molecular weight is 347 g/mol. The van der Waals surface area contributed by atoms with Crippen LogP contribution >= 0.6 is 17.5 Å². The monoisotopic (exact) mass is 347 g/mol. The molecule has 3 fully saturated rings. The normalized spacial score (nSPS) is 24.6. The van der Waals surface area contributed by atoms with Gasteiger partial charge in [0, 0.05) is 6.20 Å². The molecule has 9 heteroatoms. The van der Waals surface area contributed by atoms with Gasteiger partial charge in [0.2, 0.25) is 0 Å². The number of rotatable bonds is 7. The van der Waals surface area contributed by atoms with Crippen molar-refractivity contribution in [1.82, 2.24) is 13.6 Å². The molecule has 1 saturated heterocycles. The summed E-state index contributed by atoms with van der Waals surface area (Å²) in [6.07, 6.45) is 6.46. The second-order valence-corrected chi connectivity index (χ2v) is 11.8. The van der Waals surface area contributed by atoms with E-state index < -0.39 is 10.0 Å². The molecule has 0 radical (unpaired) electrons. The van der Waals surface area contributed by atoms with Crippen LogP contribution < -0.4 is 0 Å². The second kappa shape index (κ2) is 5.54. The van der Waals surface area contributed by atoms with E-state index in [1.54, 1.807) is 20.8 Å². The second-order valence-electron chi connectivity index (χ2n) is 5.90. The molecule has 21 heavy (non-hydrogen) atoms. The van der Waals surface area contributed by atoms with E-state index in [0.717, 1.165) is 0 Å². The maximum absolute atomic E-state index is 12.8. The van der Waals surface area contributed by atoms with Gasteiger partial charge in [0.25, 0.3) is 10.0 Å². The van der Waals surface area contributed by atoms with E-state index in [9.17, 15) is 8.42 Å². The van der Waals surface area contributed by atoms with Crippen LogP contribution in [0.5, 0.6) is 0 Å². The molecule has 116 valence electrons. The van der Waals surface area contributed by atoms with Crippen molar-refractivity contribution in [2.75, 3.05) is 13.2 Å². The van der Waals surface area contributed by atoms with Crippen LogP contribution in [0.15, 0.2) is 17.3 Å². The lowest BCUT2D eigenvalue weighted by Gasteiger charge is -2.26. The summed E-state index contributed by atoms with van der Waals surface area (Å²) < 4.78 is 34.3. The zero-order valence-corrected chi connectivity index (χ0v) is 14.4. The summed E-state index contributed by atoms with van der Waals surface area (Å²) in [4.78, 5) is 0. The quantitative estimate of drug-likeness (QED) is 0.708. The maximum atomic E-state index is 12.8. The number of ether oxygens (including phenoxy) is 1. The van der Waals surface area contributed by atoms with Crippen molar-refractivity contribution in [3.63, 3.8) is 0 Å². The van der Waals surface area contributed by atoms with Gasteiger partial charge < -0.3 is 4.74 Å². The zero-order chi connectivity index (χ0) is 14.4. The minimum Gasteiger partial charge on any atom is -0.377 e. The Balaban J connectivity index is 1.54. The van der Waals surface area contributed by atoms with Crippen molar-refractivity contribution >= 4 is 27.5 Å². The van der Waals surface area contributed by atoms with Crippen LogP contribution in [-0.4, -0.2) is 46.6 Å². The summed E-state index contributed by atoms with van der Waals surface area (Å²) in [6.45, 7) is 1.25. The highest BCUT2D eigenvalue weighted by molar-refractivity contribution is 7.97. The highest BCUT2D eigenvalue weighted by Crippen LogP contribution is 2.54. The number of nitrogens with zero attached hydrogens (tertiary/aromatic N) is 3. The van der Waals surface area contributed by atoms with Crippen molar-refractivity contribution in [3.8, 4) is 0 Å². The van der Waals surface area contributed by atoms with Crippen molar-refractivity contribution in [2.45, 2.75) is 48.1 Å². The van der Waals surface area contributed by atoms with Gasteiger partial charge in [-0.3, -0.25) is 4.68 Å². The van der Waals surface area contributed by atoms with Gasteiger partial charge in [-0.05, 0) is 60.5 Å². The van der Waals surface area contributed by atoms with E-state index in [2.05, 4.69) is 5.10 Å². The Bertz CT molecular complexity index is 609. The third-order valence-corrected chi connectivity index (χ3v) is 10.3. The van der Waals surface area contributed by atoms with Crippen molar-refractivity contribution in [3.05, 3.63) is 12.3 Å². The summed E-state index contributed by atoms with van der Waals surface area (Å²) in [7, 11) is -2.62. The molecular weight excluding hydrogens is 328 g/mol. The first-order chi connectivity index (χ1) is 10.1. The minimum absolute atomic E-state index is 0.194. The molecule has 2 unspecified atom stereocenters. The van der Waals surface area contributed by atoms with Crippen LogP contribution in [0, 0.1) is 0 Å². The van der Waals surface area contributed by atoms with E-state index in [1.165, 1.54) is 25.7 Å². The predicted octanol–water partition coefficient (Wildman–Crippen LogP) is 1.96. The SMILES string of the molecule is O=S(=O)(c1ccn(C2COC2)n1)N(PC1CC1)PC1CC1. The van der Waals surface area contributed by atoms with Gasteiger partial charge in [-0.2, -0.15) is 8.94 Å². The third-order valence-electron chi connectivity index (χ3n) is 3.84. The van der Waals surface area contributed by atoms with Gasteiger partial charge in [-0.25, -0.2) is 8.42 Å². The molecule has 4 rings (SSSR count). The summed E-state index contributed by atoms with van der Waals surface area (Å²) >= 11 is 0. The Morgan fingerprint density at radius 3 is 2.29 bits per heavy atom. The lowest BCUT2D eigenvalue weighted by atomic mass is 10.3. The molecule has 6 nitrogen and oxygen atoms in total. The fraction of sp³-hybridized carbons (Fsp3) is 0.750. The summed E-state index contributed by atoms with van der Waals surface area (Å²) in [5.41, 5.74) is 1.18. The highest BCUT2D eigenvalue weighted by Gasteiger charge is 2.37. The first kappa shape index (κ1) is 14.5. The third kappa shape index (κ3) is 3.18. The molecular formula is C12H19N3O3P2S.